The number of allylic oxidation sites excluding steroid dienone is 1. The fourth-order valence-corrected chi connectivity index (χ4v) is 2.19. The molecule has 0 saturated heterocycles. The molecule has 1 nitrogen and oxygen atoms in total. The van der Waals surface area contributed by atoms with E-state index in [2.05, 4.69) is 36.6 Å². The molecule has 0 saturated carbocycles. The Bertz CT molecular complexity index is 578. The van der Waals surface area contributed by atoms with Gasteiger partial charge in [-0.25, -0.2) is 0 Å². The molecule has 0 aliphatic heterocycles. The van der Waals surface area contributed by atoms with Crippen molar-refractivity contribution in [3.63, 3.8) is 0 Å². The third kappa shape index (κ3) is 3.45. The van der Waals surface area contributed by atoms with E-state index in [-0.39, 0.29) is 6.61 Å². The average Bonchev–Trinajstić information content (AvgIpc) is 2.47. The van der Waals surface area contributed by atoms with Crippen LogP contribution in [0, 0.1) is 0 Å². The van der Waals surface area contributed by atoms with Crippen molar-refractivity contribution >= 4 is 5.57 Å². The summed E-state index contributed by atoms with van der Waals surface area (Å²) in [6.45, 7) is 3.97. The molecule has 0 aromatic heterocycles. The molecule has 0 atom stereocenters. The molecule has 0 heterocycles. The second-order valence-corrected chi connectivity index (χ2v) is 4.44. The summed E-state index contributed by atoms with van der Waals surface area (Å²) in [5.41, 5.74) is 7.70. The fraction of sp³-hybridized carbons (Fsp3) is 0.167. The Morgan fingerprint density at radius 2 is 1.58 bits per heavy atom. The van der Waals surface area contributed by atoms with Gasteiger partial charge >= 0.3 is 0 Å². The van der Waals surface area contributed by atoms with E-state index in [0.717, 1.165) is 17.6 Å². The molecule has 1 N–H and O–H groups in total. The van der Waals surface area contributed by atoms with Crippen LogP contribution >= 0.6 is 0 Å². The van der Waals surface area contributed by atoms with Crippen molar-refractivity contribution in [2.75, 3.05) is 6.61 Å². The Balaban J connectivity index is 2.27. The van der Waals surface area contributed by atoms with Crippen LogP contribution in [-0.4, -0.2) is 11.7 Å². The van der Waals surface area contributed by atoms with Crippen molar-refractivity contribution in [2.24, 2.45) is 0 Å². The van der Waals surface area contributed by atoms with Gasteiger partial charge in [0.2, 0.25) is 0 Å². The lowest BCUT2D eigenvalue weighted by molar-refractivity contribution is 0.299. The molecule has 2 aromatic rings. The van der Waals surface area contributed by atoms with Gasteiger partial charge in [0.1, 0.15) is 0 Å². The number of hydrogen-bond donors (Lipinski definition) is 1. The minimum absolute atomic E-state index is 0.176. The minimum atomic E-state index is 0.176. The molecule has 0 fully saturated rings. The summed E-state index contributed by atoms with van der Waals surface area (Å²) in [4.78, 5) is 0. The topological polar surface area (TPSA) is 20.2 Å². The van der Waals surface area contributed by atoms with Crippen LogP contribution in [0.1, 0.15) is 16.7 Å². The number of rotatable bonds is 5. The molecular weight excluding hydrogens is 232 g/mol. The van der Waals surface area contributed by atoms with Gasteiger partial charge in [0.15, 0.2) is 0 Å². The molecule has 0 unspecified atom stereocenters. The van der Waals surface area contributed by atoms with E-state index in [0.29, 0.717) is 6.42 Å². The lowest BCUT2D eigenvalue weighted by Crippen LogP contribution is -1.98. The molecule has 0 amide bonds. The normalized spacial score (nSPS) is 9.95. The summed E-state index contributed by atoms with van der Waals surface area (Å²) in [6, 6.07) is 18.4. The molecule has 0 aliphatic carbocycles. The lowest BCUT2D eigenvalue weighted by Gasteiger charge is -2.10. The molecule has 96 valence electrons. The van der Waals surface area contributed by atoms with E-state index in [9.17, 15) is 0 Å². The minimum Gasteiger partial charge on any atom is -0.396 e. The van der Waals surface area contributed by atoms with Gasteiger partial charge in [-0.3, -0.25) is 0 Å². The molecule has 0 spiro atoms. The first kappa shape index (κ1) is 13.4. The second kappa shape index (κ2) is 6.75. The predicted octanol–water partition coefficient (Wildman–Crippen LogP) is 3.63. The van der Waals surface area contributed by atoms with E-state index in [1.807, 2.05) is 30.3 Å². The van der Waals surface area contributed by atoms with Gasteiger partial charge in [0.05, 0.1) is 0 Å². The highest BCUT2D eigenvalue weighted by atomic mass is 16.2. The Morgan fingerprint density at radius 1 is 0.947 bits per heavy atom. The van der Waals surface area contributed by atoms with Crippen LogP contribution in [0.4, 0.5) is 0 Å². The summed E-state index contributed by atoms with van der Waals surface area (Å²) in [7, 11) is 0. The number of aliphatic hydroxyl groups excluding tert-OH is 1. The molecule has 1 heteroatoms. The molecule has 0 radical (unpaired) electrons. The van der Waals surface area contributed by atoms with E-state index >= 15 is 0 Å². The summed E-state index contributed by atoms with van der Waals surface area (Å²) in [5, 5.41) is 9.12. The molecule has 0 aliphatic rings. The highest BCUT2D eigenvalue weighted by Gasteiger charge is 2.06. The van der Waals surface area contributed by atoms with Crippen LogP contribution in [0.2, 0.25) is 0 Å². The molecular formula is C18H18O. The van der Waals surface area contributed by atoms with Crippen LogP contribution in [0.25, 0.3) is 5.57 Å². The van der Waals surface area contributed by atoms with E-state index < -0.39 is 0 Å². The van der Waals surface area contributed by atoms with Crippen molar-refractivity contribution in [2.45, 2.75) is 12.8 Å². The zero-order valence-electron chi connectivity index (χ0n) is 11.0. The van der Waals surface area contributed by atoms with Crippen LogP contribution in [0.5, 0.6) is 0 Å². The van der Waals surface area contributed by atoms with E-state index in [4.69, 9.17) is 5.11 Å². The zero-order chi connectivity index (χ0) is 13.5. The lowest BCUT2D eigenvalue weighted by atomic mass is 9.95. The Hall–Kier alpha value is -2.08. The van der Waals surface area contributed by atoms with Gasteiger partial charge < -0.3 is 5.11 Å². The maximum atomic E-state index is 9.12. The summed E-state index contributed by atoms with van der Waals surface area (Å²) in [6.07, 6.45) is 1.49. The van der Waals surface area contributed by atoms with Gasteiger partial charge in [0, 0.05) is 18.6 Å². The van der Waals surface area contributed by atoms with Gasteiger partial charge in [-0.1, -0.05) is 61.2 Å². The van der Waals surface area contributed by atoms with Crippen molar-refractivity contribution in [3.8, 4) is 0 Å². The largest absolute Gasteiger partial charge is 0.396 e. The smallest absolute Gasteiger partial charge is 0.0471 e. The van der Waals surface area contributed by atoms with Gasteiger partial charge in [-0.2, -0.15) is 0 Å². The van der Waals surface area contributed by atoms with Crippen molar-refractivity contribution in [1.29, 1.82) is 0 Å². The fourth-order valence-electron chi connectivity index (χ4n) is 2.19. The standard InChI is InChI=1S/C18H18O/c1-2-15(16-8-4-3-5-9-16)14-18-11-7-6-10-17(18)12-13-19/h3-11,19H,1,12-14H2. The van der Waals surface area contributed by atoms with Crippen LogP contribution < -0.4 is 0 Å². The quantitative estimate of drug-likeness (QED) is 0.803. The summed E-state index contributed by atoms with van der Waals surface area (Å²) in [5.74, 6) is 0. The molecule has 0 bridgehead atoms. The van der Waals surface area contributed by atoms with Crippen LogP contribution in [0.15, 0.2) is 66.9 Å². The maximum absolute atomic E-state index is 9.12. The first-order valence-corrected chi connectivity index (χ1v) is 6.47. The third-order valence-electron chi connectivity index (χ3n) is 3.20. The average molecular weight is 250 g/mol. The predicted molar refractivity (Wildman–Crippen MR) is 79.9 cm³/mol. The van der Waals surface area contributed by atoms with Crippen molar-refractivity contribution in [1.82, 2.24) is 0 Å². The Labute approximate surface area is 114 Å². The summed E-state index contributed by atoms with van der Waals surface area (Å²) >= 11 is 0. The van der Waals surface area contributed by atoms with Crippen LogP contribution in [0.3, 0.4) is 0 Å². The van der Waals surface area contributed by atoms with Gasteiger partial charge in [0.25, 0.3) is 0 Å². The number of benzene rings is 2. The van der Waals surface area contributed by atoms with Crippen molar-refractivity contribution in [3.05, 3.63) is 83.6 Å². The second-order valence-electron chi connectivity index (χ2n) is 4.44. The van der Waals surface area contributed by atoms with Crippen molar-refractivity contribution < 1.29 is 5.11 Å². The Morgan fingerprint density at radius 3 is 2.21 bits per heavy atom. The van der Waals surface area contributed by atoms with Crippen LogP contribution in [-0.2, 0) is 12.8 Å². The molecule has 2 rings (SSSR count). The maximum Gasteiger partial charge on any atom is 0.0471 e. The zero-order valence-corrected chi connectivity index (χ0v) is 11.0. The summed E-state index contributed by atoms with van der Waals surface area (Å²) < 4.78 is 0. The first-order chi connectivity index (χ1) is 9.35. The number of aliphatic hydroxyl groups is 1. The Kier molecular flexibility index (Phi) is 4.74. The third-order valence-corrected chi connectivity index (χ3v) is 3.20. The van der Waals surface area contributed by atoms with E-state index in [1.165, 1.54) is 11.1 Å². The van der Waals surface area contributed by atoms with E-state index in [1.54, 1.807) is 0 Å². The number of hydrogen-bond acceptors (Lipinski definition) is 1. The first-order valence-electron chi connectivity index (χ1n) is 6.47. The monoisotopic (exact) mass is 250 g/mol. The highest BCUT2D eigenvalue weighted by molar-refractivity contribution is 5.67. The SMILES string of the molecule is C=C=C(Cc1ccccc1CCO)c1ccccc1. The molecule has 2 aromatic carbocycles. The highest BCUT2D eigenvalue weighted by Crippen LogP contribution is 2.21. The van der Waals surface area contributed by atoms with Gasteiger partial charge in [-0.05, 0) is 23.1 Å². The van der Waals surface area contributed by atoms with Gasteiger partial charge in [-0.15, -0.1) is 5.73 Å². The molecule has 19 heavy (non-hydrogen) atoms.